The van der Waals surface area contributed by atoms with Crippen LogP contribution in [-0.4, -0.2) is 19.8 Å². The molecule has 0 aliphatic heterocycles. The van der Waals surface area contributed by atoms with Gasteiger partial charge in [-0.2, -0.15) is 0 Å². The predicted molar refractivity (Wildman–Crippen MR) is 45.0 cm³/mol. The average Bonchev–Trinajstić information content (AvgIpc) is 1.87. The fourth-order valence-corrected chi connectivity index (χ4v) is 0.760. The third-order valence-electron chi connectivity index (χ3n) is 1.32. The van der Waals surface area contributed by atoms with E-state index in [-0.39, 0.29) is 5.41 Å². The Kier molecular flexibility index (Phi) is 5.46. The van der Waals surface area contributed by atoms with Crippen molar-refractivity contribution in [2.75, 3.05) is 19.8 Å². The molecule has 0 aliphatic rings. The van der Waals surface area contributed by atoms with Crippen molar-refractivity contribution in [1.29, 1.82) is 0 Å². The number of ether oxygens (including phenoxy) is 1. The van der Waals surface area contributed by atoms with E-state index in [1.54, 1.807) is 0 Å². The maximum Gasteiger partial charge on any atom is 0.0752 e. The first-order chi connectivity index (χ1) is 5.12. The third-order valence-corrected chi connectivity index (χ3v) is 1.32. The summed E-state index contributed by atoms with van der Waals surface area (Å²) in [7, 11) is 0. The van der Waals surface area contributed by atoms with Gasteiger partial charge in [-0.15, -0.1) is 0 Å². The third kappa shape index (κ3) is 6.28. The van der Waals surface area contributed by atoms with Crippen molar-refractivity contribution in [3.8, 4) is 0 Å². The summed E-state index contributed by atoms with van der Waals surface area (Å²) in [6.45, 7) is 8.28. The molecule has 0 amide bonds. The van der Waals surface area contributed by atoms with Gasteiger partial charge < -0.3 is 9.57 Å². The van der Waals surface area contributed by atoms with E-state index in [1.165, 1.54) is 0 Å². The van der Waals surface area contributed by atoms with Crippen LogP contribution in [0.4, 0.5) is 0 Å². The fraction of sp³-hybridized carbons (Fsp3) is 1.00. The van der Waals surface area contributed by atoms with E-state index in [2.05, 4.69) is 25.6 Å². The molecule has 0 aromatic heterocycles. The van der Waals surface area contributed by atoms with Gasteiger partial charge >= 0.3 is 0 Å². The maximum absolute atomic E-state index is 5.36. The summed E-state index contributed by atoms with van der Waals surface area (Å²) in [6, 6.07) is 0. The van der Waals surface area contributed by atoms with Gasteiger partial charge in [-0.05, 0) is 6.42 Å². The molecule has 2 N–H and O–H groups in total. The predicted octanol–water partition coefficient (Wildman–Crippen LogP) is 1.33. The van der Waals surface area contributed by atoms with E-state index in [9.17, 15) is 0 Å². The summed E-state index contributed by atoms with van der Waals surface area (Å²) in [6.07, 6.45) is 1.06. The molecule has 3 nitrogen and oxygen atoms in total. The molecular formula is C8H19NO2. The molecule has 0 saturated carbocycles. The van der Waals surface area contributed by atoms with Crippen molar-refractivity contribution in [2.24, 2.45) is 11.3 Å². The van der Waals surface area contributed by atoms with Crippen LogP contribution in [0.25, 0.3) is 0 Å². The van der Waals surface area contributed by atoms with Crippen molar-refractivity contribution < 1.29 is 9.57 Å². The van der Waals surface area contributed by atoms with Gasteiger partial charge in [0.1, 0.15) is 0 Å². The molecule has 0 aromatic carbocycles. The van der Waals surface area contributed by atoms with Crippen molar-refractivity contribution >= 4 is 0 Å². The molecule has 0 saturated heterocycles. The molecular weight excluding hydrogens is 142 g/mol. The Hall–Kier alpha value is -0.120. The first kappa shape index (κ1) is 10.9. The number of rotatable bonds is 6. The summed E-state index contributed by atoms with van der Waals surface area (Å²) in [5, 5.41) is 0. The lowest BCUT2D eigenvalue weighted by Crippen LogP contribution is -2.27. The molecule has 0 fully saturated rings. The number of nitrogens with two attached hydrogens (primary N) is 1. The molecule has 0 aliphatic carbocycles. The highest BCUT2D eigenvalue weighted by atomic mass is 16.6. The first-order valence-corrected chi connectivity index (χ1v) is 4.02. The average molecular weight is 161 g/mol. The van der Waals surface area contributed by atoms with Crippen molar-refractivity contribution in [2.45, 2.75) is 27.2 Å². The summed E-state index contributed by atoms with van der Waals surface area (Å²) in [4.78, 5) is 4.56. The Balaban J connectivity index is 3.38. The van der Waals surface area contributed by atoms with E-state index in [1.807, 2.05) is 0 Å². The van der Waals surface area contributed by atoms with Crippen LogP contribution in [0.3, 0.4) is 0 Å². The second-order valence-corrected chi connectivity index (χ2v) is 3.53. The maximum atomic E-state index is 5.36. The van der Waals surface area contributed by atoms with Gasteiger partial charge in [-0.25, -0.2) is 5.90 Å². The van der Waals surface area contributed by atoms with Crippen LogP contribution in [0.2, 0.25) is 0 Å². The Morgan fingerprint density at radius 2 is 1.91 bits per heavy atom. The minimum atomic E-state index is 0.0317. The van der Waals surface area contributed by atoms with E-state index in [4.69, 9.17) is 10.6 Å². The lowest BCUT2D eigenvalue weighted by molar-refractivity contribution is -0.00380. The van der Waals surface area contributed by atoms with Crippen LogP contribution in [0.15, 0.2) is 0 Å². The molecule has 68 valence electrons. The minimum absolute atomic E-state index is 0.0317. The lowest BCUT2D eigenvalue weighted by atomic mass is 9.96. The van der Waals surface area contributed by atoms with Crippen molar-refractivity contribution in [1.82, 2.24) is 0 Å². The zero-order valence-corrected chi connectivity index (χ0v) is 7.72. The van der Waals surface area contributed by atoms with Crippen molar-refractivity contribution in [3.63, 3.8) is 0 Å². The van der Waals surface area contributed by atoms with Crippen LogP contribution in [0.1, 0.15) is 27.2 Å². The first-order valence-electron chi connectivity index (χ1n) is 4.02. The van der Waals surface area contributed by atoms with Gasteiger partial charge in [0.2, 0.25) is 0 Å². The molecule has 11 heavy (non-hydrogen) atoms. The van der Waals surface area contributed by atoms with Gasteiger partial charge in [0, 0.05) is 12.0 Å². The van der Waals surface area contributed by atoms with Crippen LogP contribution < -0.4 is 5.90 Å². The minimum Gasteiger partial charge on any atom is -0.381 e. The summed E-state index contributed by atoms with van der Waals surface area (Å²) < 4.78 is 5.36. The Labute approximate surface area is 68.8 Å². The van der Waals surface area contributed by atoms with E-state index in [0.717, 1.165) is 13.0 Å². The summed E-state index contributed by atoms with van der Waals surface area (Å²) >= 11 is 0. The highest BCUT2D eigenvalue weighted by molar-refractivity contribution is 4.65. The van der Waals surface area contributed by atoms with Crippen LogP contribution in [0.5, 0.6) is 0 Å². The number of hydrogen-bond donors (Lipinski definition) is 1. The SMILES string of the molecule is CCCOCC(C)(C)CON. The molecule has 0 aromatic rings. The molecule has 0 spiro atoms. The Morgan fingerprint density at radius 1 is 1.27 bits per heavy atom. The molecule has 0 heterocycles. The van der Waals surface area contributed by atoms with Gasteiger partial charge in [0.05, 0.1) is 13.2 Å². The van der Waals surface area contributed by atoms with Crippen LogP contribution >= 0.6 is 0 Å². The van der Waals surface area contributed by atoms with E-state index >= 15 is 0 Å². The van der Waals surface area contributed by atoms with Gasteiger partial charge in [0.15, 0.2) is 0 Å². The summed E-state index contributed by atoms with van der Waals surface area (Å²) in [5.41, 5.74) is 0.0317. The molecule has 0 radical (unpaired) electrons. The van der Waals surface area contributed by atoms with E-state index < -0.39 is 0 Å². The highest BCUT2D eigenvalue weighted by Gasteiger charge is 2.17. The quantitative estimate of drug-likeness (QED) is 0.472. The lowest BCUT2D eigenvalue weighted by Gasteiger charge is -2.22. The van der Waals surface area contributed by atoms with E-state index in [0.29, 0.717) is 13.2 Å². The second kappa shape index (κ2) is 5.52. The molecule has 3 heteroatoms. The Morgan fingerprint density at radius 3 is 2.36 bits per heavy atom. The fourth-order valence-electron chi connectivity index (χ4n) is 0.760. The standard InChI is InChI=1S/C8H19NO2/c1-4-5-10-6-8(2,3)7-11-9/h4-7,9H2,1-3H3. The zero-order valence-electron chi connectivity index (χ0n) is 7.72. The second-order valence-electron chi connectivity index (χ2n) is 3.53. The number of hydrogen-bond acceptors (Lipinski definition) is 3. The van der Waals surface area contributed by atoms with Gasteiger partial charge in [0.25, 0.3) is 0 Å². The summed E-state index contributed by atoms with van der Waals surface area (Å²) in [5.74, 6) is 4.96. The molecule has 0 unspecified atom stereocenters. The normalized spacial score (nSPS) is 12.0. The van der Waals surface area contributed by atoms with Gasteiger partial charge in [-0.1, -0.05) is 20.8 Å². The molecule has 0 rings (SSSR count). The zero-order chi connectivity index (χ0) is 8.74. The largest absolute Gasteiger partial charge is 0.381 e. The van der Waals surface area contributed by atoms with Crippen LogP contribution in [0, 0.1) is 5.41 Å². The molecule has 0 bridgehead atoms. The molecule has 0 atom stereocenters. The van der Waals surface area contributed by atoms with Gasteiger partial charge in [-0.3, -0.25) is 0 Å². The van der Waals surface area contributed by atoms with Crippen molar-refractivity contribution in [3.05, 3.63) is 0 Å². The topological polar surface area (TPSA) is 44.5 Å². The Bertz CT molecular complexity index is 94.1. The monoisotopic (exact) mass is 161 g/mol. The smallest absolute Gasteiger partial charge is 0.0752 e. The highest BCUT2D eigenvalue weighted by Crippen LogP contribution is 2.14. The van der Waals surface area contributed by atoms with Crippen LogP contribution in [-0.2, 0) is 9.57 Å².